The van der Waals surface area contributed by atoms with Gasteiger partial charge in [-0.2, -0.15) is 0 Å². The first-order chi connectivity index (χ1) is 12.2. The number of benzene rings is 1. The maximum absolute atomic E-state index is 12.8. The van der Waals surface area contributed by atoms with Crippen LogP contribution in [0.3, 0.4) is 0 Å². The molecule has 1 atom stereocenters. The molecule has 1 unspecified atom stereocenters. The molecule has 1 amide bonds. The predicted molar refractivity (Wildman–Crippen MR) is 105 cm³/mol. The van der Waals surface area contributed by atoms with Gasteiger partial charge in [0.1, 0.15) is 11.3 Å². The van der Waals surface area contributed by atoms with Crippen molar-refractivity contribution in [2.45, 2.75) is 71.9 Å². The number of Topliss-reactive ketones (excluding diaryl/α,β-unsaturated/α-hetero) is 1. The van der Waals surface area contributed by atoms with E-state index in [9.17, 15) is 9.59 Å². The van der Waals surface area contributed by atoms with Crippen LogP contribution < -0.4 is 5.73 Å². The molecular weight excluding hydrogens is 326 g/mol. The zero-order valence-corrected chi connectivity index (χ0v) is 16.4. The number of guanidine groups is 1. The quantitative estimate of drug-likeness (QED) is 0.735. The van der Waals surface area contributed by atoms with Crippen LogP contribution in [-0.4, -0.2) is 28.1 Å². The topological polar surface area (TPSA) is 75.8 Å². The van der Waals surface area contributed by atoms with Crippen molar-refractivity contribution in [1.82, 2.24) is 4.90 Å². The van der Waals surface area contributed by atoms with Crippen LogP contribution in [0.5, 0.6) is 0 Å². The molecule has 1 aromatic rings. The second-order valence-electron chi connectivity index (χ2n) is 7.87. The average Bonchev–Trinajstić information content (AvgIpc) is 2.77. The summed E-state index contributed by atoms with van der Waals surface area (Å²) in [4.78, 5) is 30.7. The summed E-state index contributed by atoms with van der Waals surface area (Å²) >= 11 is 0. The molecule has 142 valence electrons. The Morgan fingerprint density at radius 1 is 1.23 bits per heavy atom. The second kappa shape index (κ2) is 8.47. The summed E-state index contributed by atoms with van der Waals surface area (Å²) in [7, 11) is 0. The number of carbonyl (C=O) groups is 2. The van der Waals surface area contributed by atoms with E-state index in [0.29, 0.717) is 31.7 Å². The Morgan fingerprint density at radius 3 is 2.42 bits per heavy atom. The summed E-state index contributed by atoms with van der Waals surface area (Å²) in [5, 5.41) is 0. The van der Waals surface area contributed by atoms with Crippen molar-refractivity contribution in [3.05, 3.63) is 35.4 Å². The van der Waals surface area contributed by atoms with E-state index in [1.165, 1.54) is 0 Å². The van der Waals surface area contributed by atoms with Crippen molar-refractivity contribution in [3.8, 4) is 0 Å². The number of aliphatic imine (C=N–C) groups is 1. The first kappa shape index (κ1) is 20.1. The van der Waals surface area contributed by atoms with Crippen LogP contribution >= 0.6 is 0 Å². The second-order valence-corrected chi connectivity index (χ2v) is 7.87. The molecule has 2 N–H and O–H groups in total. The van der Waals surface area contributed by atoms with Gasteiger partial charge in [0.2, 0.25) is 0 Å². The molecule has 0 saturated heterocycles. The molecule has 1 heterocycles. The Balaban J connectivity index is 2.00. The van der Waals surface area contributed by atoms with E-state index in [4.69, 9.17) is 5.73 Å². The highest BCUT2D eigenvalue weighted by Crippen LogP contribution is 2.29. The van der Waals surface area contributed by atoms with Crippen molar-refractivity contribution in [1.29, 1.82) is 0 Å². The molecule has 0 fully saturated rings. The van der Waals surface area contributed by atoms with Gasteiger partial charge in [0.05, 0.1) is 6.54 Å². The van der Waals surface area contributed by atoms with Crippen molar-refractivity contribution < 1.29 is 9.59 Å². The Bertz CT molecular complexity index is 679. The maximum atomic E-state index is 12.8. The Morgan fingerprint density at radius 2 is 1.85 bits per heavy atom. The average molecular weight is 357 g/mol. The number of ketones is 1. The molecule has 0 radical (unpaired) electrons. The summed E-state index contributed by atoms with van der Waals surface area (Å²) < 4.78 is 0. The van der Waals surface area contributed by atoms with Crippen LogP contribution in [-0.2, 0) is 22.6 Å². The lowest BCUT2D eigenvalue weighted by atomic mass is 9.91. The van der Waals surface area contributed by atoms with E-state index in [1.54, 1.807) is 4.90 Å². The largest absolute Gasteiger partial charge is 0.369 e. The molecule has 1 aliphatic rings. The van der Waals surface area contributed by atoms with Crippen LogP contribution in [0.25, 0.3) is 0 Å². The molecule has 0 spiro atoms. The van der Waals surface area contributed by atoms with Crippen LogP contribution in [0.4, 0.5) is 0 Å². The van der Waals surface area contributed by atoms with Crippen LogP contribution in [0, 0.1) is 5.92 Å². The number of hydrogen-bond donors (Lipinski definition) is 1. The number of unbranched alkanes of at least 4 members (excludes halogenated alkanes) is 1. The smallest absolute Gasteiger partial charge is 0.257 e. The molecule has 26 heavy (non-hydrogen) atoms. The molecule has 2 rings (SSSR count). The monoisotopic (exact) mass is 357 g/mol. The fourth-order valence-corrected chi connectivity index (χ4v) is 3.47. The van der Waals surface area contributed by atoms with E-state index in [1.807, 2.05) is 31.2 Å². The SMILES string of the molecule is CCCCC(=O)Cc1ccc(CN2C(=O)C(C)(CC(C)C)N=C2N)cc1. The highest BCUT2D eigenvalue weighted by molar-refractivity contribution is 6.06. The lowest BCUT2D eigenvalue weighted by Crippen LogP contribution is -2.43. The zero-order valence-electron chi connectivity index (χ0n) is 16.4. The summed E-state index contributed by atoms with van der Waals surface area (Å²) in [6.45, 7) is 8.50. The van der Waals surface area contributed by atoms with Crippen LogP contribution in [0.2, 0.25) is 0 Å². The van der Waals surface area contributed by atoms with Gasteiger partial charge in [-0.1, -0.05) is 51.5 Å². The standard InChI is InChI=1S/C21H31N3O2/c1-5-6-7-18(25)12-16-8-10-17(11-9-16)14-24-19(26)21(4,13-15(2)3)23-20(24)22/h8-11,15H,5-7,12-14H2,1-4H3,(H2,22,23). The minimum Gasteiger partial charge on any atom is -0.369 e. The number of rotatable bonds is 9. The van der Waals surface area contributed by atoms with E-state index >= 15 is 0 Å². The van der Waals surface area contributed by atoms with Crippen LogP contribution in [0.1, 0.15) is 64.5 Å². The number of hydrogen-bond acceptors (Lipinski definition) is 4. The fraction of sp³-hybridized carbons (Fsp3) is 0.571. The molecule has 0 aliphatic carbocycles. The van der Waals surface area contributed by atoms with E-state index < -0.39 is 5.54 Å². The molecular formula is C21H31N3O2. The van der Waals surface area contributed by atoms with Gasteiger partial charge in [-0.3, -0.25) is 14.5 Å². The zero-order chi connectivity index (χ0) is 19.3. The summed E-state index contributed by atoms with van der Waals surface area (Å²) in [5.41, 5.74) is 7.25. The van der Waals surface area contributed by atoms with Crippen molar-refractivity contribution in [3.63, 3.8) is 0 Å². The van der Waals surface area contributed by atoms with Crippen molar-refractivity contribution in [2.24, 2.45) is 16.6 Å². The molecule has 1 aromatic carbocycles. The normalized spacial score (nSPS) is 20.0. The molecule has 0 saturated carbocycles. The van der Waals surface area contributed by atoms with Crippen molar-refractivity contribution >= 4 is 17.6 Å². The molecule has 5 nitrogen and oxygen atoms in total. The highest BCUT2D eigenvalue weighted by atomic mass is 16.2. The first-order valence-corrected chi connectivity index (χ1v) is 9.52. The molecule has 0 bridgehead atoms. The maximum Gasteiger partial charge on any atom is 0.257 e. The fourth-order valence-electron chi connectivity index (χ4n) is 3.47. The number of amides is 1. The van der Waals surface area contributed by atoms with Crippen molar-refractivity contribution in [2.75, 3.05) is 0 Å². The summed E-state index contributed by atoms with van der Waals surface area (Å²) in [6.07, 6.45) is 3.78. The lowest BCUT2D eigenvalue weighted by molar-refractivity contribution is -0.131. The molecule has 5 heteroatoms. The summed E-state index contributed by atoms with van der Waals surface area (Å²) in [6, 6.07) is 7.84. The van der Waals surface area contributed by atoms with E-state index in [-0.39, 0.29) is 17.6 Å². The highest BCUT2D eigenvalue weighted by Gasteiger charge is 2.43. The molecule has 0 aromatic heterocycles. The minimum atomic E-state index is -0.760. The van der Waals surface area contributed by atoms with Gasteiger partial charge in [-0.15, -0.1) is 0 Å². The number of nitrogens with zero attached hydrogens (tertiary/aromatic N) is 2. The third-order valence-corrected chi connectivity index (χ3v) is 4.72. The predicted octanol–water partition coefficient (Wildman–Crippen LogP) is 3.45. The van der Waals surface area contributed by atoms with E-state index in [2.05, 4.69) is 25.8 Å². The third kappa shape index (κ3) is 4.93. The van der Waals surface area contributed by atoms with Gasteiger partial charge < -0.3 is 5.73 Å². The van der Waals surface area contributed by atoms with Crippen LogP contribution in [0.15, 0.2) is 29.3 Å². The Kier molecular flexibility index (Phi) is 6.57. The first-order valence-electron chi connectivity index (χ1n) is 9.52. The Hall–Kier alpha value is -2.17. The van der Waals surface area contributed by atoms with Gasteiger partial charge in [0, 0.05) is 12.8 Å². The Labute approximate surface area is 156 Å². The van der Waals surface area contributed by atoms with Gasteiger partial charge in [0.25, 0.3) is 5.91 Å². The van der Waals surface area contributed by atoms with Gasteiger partial charge in [0.15, 0.2) is 5.96 Å². The van der Waals surface area contributed by atoms with Gasteiger partial charge in [-0.05, 0) is 36.8 Å². The molecule has 1 aliphatic heterocycles. The summed E-state index contributed by atoms with van der Waals surface area (Å²) in [5.74, 6) is 0.889. The van der Waals surface area contributed by atoms with Gasteiger partial charge >= 0.3 is 0 Å². The number of carbonyl (C=O) groups excluding carboxylic acids is 2. The number of nitrogens with two attached hydrogens (primary N) is 1. The third-order valence-electron chi connectivity index (χ3n) is 4.72. The lowest BCUT2D eigenvalue weighted by Gasteiger charge is -2.23. The van der Waals surface area contributed by atoms with E-state index in [0.717, 1.165) is 24.0 Å². The van der Waals surface area contributed by atoms with Gasteiger partial charge in [-0.25, -0.2) is 4.99 Å². The minimum absolute atomic E-state index is 0.0393.